The Morgan fingerprint density at radius 3 is 2.50 bits per heavy atom. The van der Waals surface area contributed by atoms with Gasteiger partial charge in [-0.25, -0.2) is 8.78 Å². The molecule has 28 heavy (non-hydrogen) atoms. The Morgan fingerprint density at radius 2 is 1.79 bits per heavy atom. The summed E-state index contributed by atoms with van der Waals surface area (Å²) in [5.41, 5.74) is 0. The number of hydrogen-bond acceptors (Lipinski definition) is 6. The van der Waals surface area contributed by atoms with Crippen molar-refractivity contribution in [2.75, 3.05) is 32.8 Å². The predicted octanol–water partition coefficient (Wildman–Crippen LogP) is 2.22. The van der Waals surface area contributed by atoms with Gasteiger partial charge < -0.3 is 14.8 Å². The van der Waals surface area contributed by atoms with E-state index >= 15 is 0 Å². The molecule has 5 atom stereocenters. The third kappa shape index (κ3) is 5.00. The van der Waals surface area contributed by atoms with Gasteiger partial charge >= 0.3 is 11.9 Å². The molecule has 0 aromatic carbocycles. The van der Waals surface area contributed by atoms with Crippen molar-refractivity contribution in [1.82, 2.24) is 10.2 Å². The molecule has 3 fully saturated rings. The van der Waals surface area contributed by atoms with Gasteiger partial charge in [-0.2, -0.15) is 0 Å². The summed E-state index contributed by atoms with van der Waals surface area (Å²) in [5, 5.41) is 3.29. The maximum absolute atomic E-state index is 14.0. The molecule has 0 amide bonds. The van der Waals surface area contributed by atoms with E-state index in [9.17, 15) is 18.4 Å². The Hall–Kier alpha value is -1.28. The minimum absolute atomic E-state index is 0.199. The summed E-state index contributed by atoms with van der Waals surface area (Å²) in [6, 6.07) is -1.13. The number of esters is 2. The number of carbonyl (C=O) groups excluding carboxylic acids is 2. The van der Waals surface area contributed by atoms with Crippen molar-refractivity contribution in [2.24, 2.45) is 17.8 Å². The zero-order chi connectivity index (χ0) is 20.3. The predicted molar refractivity (Wildman–Crippen MR) is 98.9 cm³/mol. The average molecular weight is 402 g/mol. The third-order valence-corrected chi connectivity index (χ3v) is 6.40. The highest BCUT2D eigenvalue weighted by molar-refractivity contribution is 5.76. The Bertz CT molecular complexity index is 574. The van der Waals surface area contributed by atoms with E-state index in [4.69, 9.17) is 9.47 Å². The lowest BCUT2D eigenvalue weighted by atomic mass is 9.69. The molecule has 3 aliphatic rings. The van der Waals surface area contributed by atoms with Crippen LogP contribution in [-0.2, 0) is 19.1 Å². The minimum atomic E-state index is -2.85. The van der Waals surface area contributed by atoms with E-state index in [2.05, 4.69) is 5.32 Å². The molecule has 6 nitrogen and oxygen atoms in total. The fraction of sp³-hybridized carbons (Fsp3) is 0.900. The molecule has 3 unspecified atom stereocenters. The maximum atomic E-state index is 14.0. The highest BCUT2D eigenvalue weighted by Gasteiger charge is 2.49. The van der Waals surface area contributed by atoms with Crippen molar-refractivity contribution in [2.45, 2.75) is 64.0 Å². The van der Waals surface area contributed by atoms with Crippen LogP contribution in [0.4, 0.5) is 8.78 Å². The summed E-state index contributed by atoms with van der Waals surface area (Å²) in [7, 11) is 0. The standard InChI is InChI=1S/C20H32F2N2O4/c1-3-27-18(25)16-8-15-7-13(5-6-14(15)10-23-16)11-24-12-20(21,22)9-17(24)19(26)28-4-2/h13-17,23H,3-12H2,1-2H3/t13?,14?,15?,16-,17-/m0/s1. The molecule has 0 spiro atoms. The van der Waals surface area contributed by atoms with Crippen molar-refractivity contribution < 1.29 is 27.8 Å². The van der Waals surface area contributed by atoms with Crippen LogP contribution in [0, 0.1) is 17.8 Å². The number of nitrogens with one attached hydrogen (secondary N) is 1. The van der Waals surface area contributed by atoms with Gasteiger partial charge in [0.2, 0.25) is 0 Å². The quantitative estimate of drug-likeness (QED) is 0.687. The van der Waals surface area contributed by atoms with Crippen LogP contribution >= 0.6 is 0 Å². The summed E-state index contributed by atoms with van der Waals surface area (Å²) in [6.45, 7) is 4.96. The molecular weight excluding hydrogens is 370 g/mol. The molecular formula is C20H32F2N2O4. The van der Waals surface area contributed by atoms with Crippen LogP contribution in [0.1, 0.15) is 46.0 Å². The molecule has 1 N–H and O–H groups in total. The van der Waals surface area contributed by atoms with Gasteiger partial charge in [-0.15, -0.1) is 0 Å². The lowest BCUT2D eigenvalue weighted by molar-refractivity contribution is -0.149. The minimum Gasteiger partial charge on any atom is -0.465 e. The number of carbonyl (C=O) groups is 2. The Kier molecular flexibility index (Phi) is 6.91. The number of nitrogens with zero attached hydrogens (tertiary/aromatic N) is 1. The van der Waals surface area contributed by atoms with Crippen molar-refractivity contribution in [3.63, 3.8) is 0 Å². The van der Waals surface area contributed by atoms with Crippen molar-refractivity contribution in [3.05, 3.63) is 0 Å². The van der Waals surface area contributed by atoms with Crippen LogP contribution in [0.15, 0.2) is 0 Å². The van der Waals surface area contributed by atoms with Gasteiger partial charge in [0.25, 0.3) is 5.92 Å². The highest BCUT2D eigenvalue weighted by atomic mass is 19.3. The molecule has 0 aromatic heterocycles. The van der Waals surface area contributed by atoms with E-state index in [1.54, 1.807) is 18.7 Å². The van der Waals surface area contributed by atoms with E-state index < -0.39 is 24.4 Å². The van der Waals surface area contributed by atoms with Gasteiger partial charge in [0, 0.05) is 13.0 Å². The Morgan fingerprint density at radius 1 is 1.07 bits per heavy atom. The largest absolute Gasteiger partial charge is 0.465 e. The monoisotopic (exact) mass is 402 g/mol. The Labute approximate surface area is 165 Å². The zero-order valence-electron chi connectivity index (χ0n) is 16.8. The van der Waals surface area contributed by atoms with E-state index in [0.29, 0.717) is 25.0 Å². The first-order valence-electron chi connectivity index (χ1n) is 10.5. The highest BCUT2D eigenvalue weighted by Crippen LogP contribution is 2.41. The molecule has 0 radical (unpaired) electrons. The second-order valence-corrected chi connectivity index (χ2v) is 8.41. The van der Waals surface area contributed by atoms with Gasteiger partial charge in [-0.3, -0.25) is 14.5 Å². The van der Waals surface area contributed by atoms with Crippen molar-refractivity contribution in [3.8, 4) is 0 Å². The summed E-state index contributed by atoms with van der Waals surface area (Å²) < 4.78 is 38.1. The molecule has 2 heterocycles. The summed E-state index contributed by atoms with van der Waals surface area (Å²) in [5.74, 6) is -2.44. The number of ether oxygens (including phenoxy) is 2. The Balaban J connectivity index is 1.59. The van der Waals surface area contributed by atoms with Crippen LogP contribution in [-0.4, -0.2) is 67.7 Å². The normalized spacial score (nSPS) is 35.2. The van der Waals surface area contributed by atoms with Crippen LogP contribution in [0.5, 0.6) is 0 Å². The molecule has 2 aliphatic heterocycles. The molecule has 160 valence electrons. The van der Waals surface area contributed by atoms with Gasteiger partial charge in [0.15, 0.2) is 0 Å². The summed E-state index contributed by atoms with van der Waals surface area (Å²) >= 11 is 0. The lowest BCUT2D eigenvalue weighted by Gasteiger charge is -2.43. The topological polar surface area (TPSA) is 67.9 Å². The fourth-order valence-corrected chi connectivity index (χ4v) is 5.13. The number of alkyl halides is 2. The van der Waals surface area contributed by atoms with Gasteiger partial charge in [0.05, 0.1) is 19.8 Å². The van der Waals surface area contributed by atoms with E-state index in [1.165, 1.54) is 0 Å². The van der Waals surface area contributed by atoms with E-state index in [-0.39, 0.29) is 31.1 Å². The van der Waals surface area contributed by atoms with Gasteiger partial charge in [0.1, 0.15) is 12.1 Å². The first-order valence-corrected chi connectivity index (χ1v) is 10.5. The van der Waals surface area contributed by atoms with Crippen LogP contribution < -0.4 is 5.32 Å². The van der Waals surface area contributed by atoms with Crippen molar-refractivity contribution >= 4 is 11.9 Å². The molecule has 3 rings (SSSR count). The number of halogens is 2. The van der Waals surface area contributed by atoms with Crippen LogP contribution in [0.25, 0.3) is 0 Å². The maximum Gasteiger partial charge on any atom is 0.323 e. The molecule has 1 saturated carbocycles. The molecule has 2 saturated heterocycles. The first-order chi connectivity index (χ1) is 13.3. The second kappa shape index (κ2) is 9.03. The summed E-state index contributed by atoms with van der Waals surface area (Å²) in [6.07, 6.45) is 3.16. The second-order valence-electron chi connectivity index (χ2n) is 8.41. The third-order valence-electron chi connectivity index (χ3n) is 6.40. The molecule has 0 aromatic rings. The molecule has 1 aliphatic carbocycles. The van der Waals surface area contributed by atoms with Gasteiger partial charge in [-0.1, -0.05) is 0 Å². The average Bonchev–Trinajstić information content (AvgIpc) is 2.96. The van der Waals surface area contributed by atoms with Crippen LogP contribution in [0.2, 0.25) is 0 Å². The van der Waals surface area contributed by atoms with Crippen LogP contribution in [0.3, 0.4) is 0 Å². The van der Waals surface area contributed by atoms with Crippen molar-refractivity contribution in [1.29, 1.82) is 0 Å². The number of likely N-dealkylation sites (tertiary alicyclic amines) is 1. The molecule has 0 bridgehead atoms. The number of hydrogen-bond donors (Lipinski definition) is 1. The fourth-order valence-electron chi connectivity index (χ4n) is 5.13. The van der Waals surface area contributed by atoms with E-state index in [1.807, 2.05) is 0 Å². The smallest absolute Gasteiger partial charge is 0.323 e. The molecule has 8 heteroatoms. The lowest BCUT2D eigenvalue weighted by Crippen LogP contribution is -2.51. The van der Waals surface area contributed by atoms with E-state index in [0.717, 1.165) is 32.2 Å². The number of fused-ring (bicyclic) bond motifs is 1. The first kappa shape index (κ1) is 21.4. The number of rotatable bonds is 6. The SMILES string of the molecule is CCOC(=O)[C@@H]1CC2CC(CN3CC(F)(F)C[C@H]3C(=O)OCC)CCC2CN1. The zero-order valence-corrected chi connectivity index (χ0v) is 16.8. The summed E-state index contributed by atoms with van der Waals surface area (Å²) in [4.78, 5) is 25.8. The van der Waals surface area contributed by atoms with Gasteiger partial charge in [-0.05, 0) is 63.8 Å². The number of piperidine rings is 1.